The molecule has 1 aliphatic carbocycles. The van der Waals surface area contributed by atoms with Gasteiger partial charge in [-0.25, -0.2) is 0 Å². The SMILES string of the molecule is C[C@H]1CNCCN1CC1CCC(C)(C)CC1.Cl. The zero-order valence-electron chi connectivity index (χ0n) is 11.7. The van der Waals surface area contributed by atoms with E-state index in [-0.39, 0.29) is 12.4 Å². The average molecular weight is 261 g/mol. The van der Waals surface area contributed by atoms with E-state index in [0.29, 0.717) is 5.41 Å². The van der Waals surface area contributed by atoms with Gasteiger partial charge < -0.3 is 5.32 Å². The molecule has 1 atom stereocenters. The summed E-state index contributed by atoms with van der Waals surface area (Å²) in [4.78, 5) is 2.69. The van der Waals surface area contributed by atoms with Crippen molar-refractivity contribution in [3.8, 4) is 0 Å². The molecule has 0 aromatic carbocycles. The van der Waals surface area contributed by atoms with Crippen LogP contribution in [0.4, 0.5) is 0 Å². The number of nitrogens with one attached hydrogen (secondary N) is 1. The van der Waals surface area contributed by atoms with E-state index in [1.165, 1.54) is 51.9 Å². The highest BCUT2D eigenvalue weighted by molar-refractivity contribution is 5.85. The Bertz CT molecular complexity index is 220. The molecule has 0 spiro atoms. The summed E-state index contributed by atoms with van der Waals surface area (Å²) < 4.78 is 0. The van der Waals surface area contributed by atoms with Crippen LogP contribution in [0.5, 0.6) is 0 Å². The molecule has 0 amide bonds. The van der Waals surface area contributed by atoms with Gasteiger partial charge in [0.15, 0.2) is 0 Å². The highest BCUT2D eigenvalue weighted by Crippen LogP contribution is 2.38. The predicted octanol–water partition coefficient (Wildman–Crippen LogP) is 2.92. The summed E-state index contributed by atoms with van der Waals surface area (Å²) in [5, 5.41) is 3.47. The van der Waals surface area contributed by atoms with Gasteiger partial charge in [-0.2, -0.15) is 0 Å². The second-order valence-corrected chi connectivity index (χ2v) is 6.66. The lowest BCUT2D eigenvalue weighted by Gasteiger charge is -2.40. The maximum absolute atomic E-state index is 3.47. The Morgan fingerprint density at radius 2 is 1.88 bits per heavy atom. The predicted molar refractivity (Wildman–Crippen MR) is 76.9 cm³/mol. The van der Waals surface area contributed by atoms with Crippen LogP contribution in [-0.4, -0.2) is 37.1 Å². The molecule has 102 valence electrons. The first-order valence-electron chi connectivity index (χ1n) is 7.02. The number of rotatable bonds is 2. The van der Waals surface area contributed by atoms with Gasteiger partial charge in [0.05, 0.1) is 0 Å². The number of hydrogen-bond acceptors (Lipinski definition) is 2. The first-order valence-corrected chi connectivity index (χ1v) is 7.02. The molecule has 2 fully saturated rings. The van der Waals surface area contributed by atoms with Gasteiger partial charge in [0.1, 0.15) is 0 Å². The molecular formula is C14H29ClN2. The second-order valence-electron chi connectivity index (χ2n) is 6.66. The second kappa shape index (κ2) is 6.40. The molecule has 2 rings (SSSR count). The lowest BCUT2D eigenvalue weighted by molar-refractivity contribution is 0.107. The number of halogens is 1. The van der Waals surface area contributed by atoms with Crippen LogP contribution in [0, 0.1) is 11.3 Å². The van der Waals surface area contributed by atoms with E-state index in [4.69, 9.17) is 0 Å². The quantitative estimate of drug-likeness (QED) is 0.821. The first kappa shape index (κ1) is 15.3. The summed E-state index contributed by atoms with van der Waals surface area (Å²) >= 11 is 0. The normalized spacial score (nSPS) is 30.9. The molecule has 0 aromatic rings. The molecule has 0 bridgehead atoms. The molecule has 17 heavy (non-hydrogen) atoms. The van der Waals surface area contributed by atoms with Crippen LogP contribution in [0.1, 0.15) is 46.5 Å². The molecule has 1 aliphatic heterocycles. The van der Waals surface area contributed by atoms with Crippen LogP contribution in [0.15, 0.2) is 0 Å². The minimum Gasteiger partial charge on any atom is -0.314 e. The van der Waals surface area contributed by atoms with Crippen molar-refractivity contribution in [1.82, 2.24) is 10.2 Å². The Hall–Kier alpha value is 0.210. The Morgan fingerprint density at radius 3 is 2.47 bits per heavy atom. The molecule has 1 saturated carbocycles. The fraction of sp³-hybridized carbons (Fsp3) is 1.00. The van der Waals surface area contributed by atoms with Gasteiger partial charge in [0.25, 0.3) is 0 Å². The molecule has 0 aromatic heterocycles. The van der Waals surface area contributed by atoms with Gasteiger partial charge in [-0.05, 0) is 43.9 Å². The van der Waals surface area contributed by atoms with Gasteiger partial charge in [-0.1, -0.05) is 13.8 Å². The standard InChI is InChI=1S/C14H28N2.ClH/c1-12-10-15-8-9-16(12)11-13-4-6-14(2,3)7-5-13;/h12-13,15H,4-11H2,1-3H3;1H/t12-;/m0./s1. The van der Waals surface area contributed by atoms with E-state index in [2.05, 4.69) is 31.0 Å². The van der Waals surface area contributed by atoms with Crippen molar-refractivity contribution >= 4 is 12.4 Å². The molecule has 0 unspecified atom stereocenters. The Labute approximate surface area is 113 Å². The van der Waals surface area contributed by atoms with E-state index < -0.39 is 0 Å². The molecule has 2 aliphatic rings. The molecule has 1 N–H and O–H groups in total. The van der Waals surface area contributed by atoms with Crippen molar-refractivity contribution in [3.05, 3.63) is 0 Å². The van der Waals surface area contributed by atoms with E-state index in [1.807, 2.05) is 0 Å². The highest BCUT2D eigenvalue weighted by Gasteiger charge is 2.29. The average Bonchev–Trinajstić information content (AvgIpc) is 2.24. The Balaban J connectivity index is 0.00000144. The van der Waals surface area contributed by atoms with E-state index in [1.54, 1.807) is 0 Å². The summed E-state index contributed by atoms with van der Waals surface area (Å²) in [5.41, 5.74) is 0.617. The smallest absolute Gasteiger partial charge is 0.0193 e. The van der Waals surface area contributed by atoms with Crippen LogP contribution in [-0.2, 0) is 0 Å². The third-order valence-corrected chi connectivity index (χ3v) is 4.59. The zero-order valence-corrected chi connectivity index (χ0v) is 12.5. The summed E-state index contributed by atoms with van der Waals surface area (Å²) in [7, 11) is 0. The van der Waals surface area contributed by atoms with Crippen molar-refractivity contribution in [2.75, 3.05) is 26.2 Å². The van der Waals surface area contributed by atoms with Crippen LogP contribution in [0.2, 0.25) is 0 Å². The fourth-order valence-electron chi connectivity index (χ4n) is 3.13. The molecule has 2 nitrogen and oxygen atoms in total. The molecule has 3 heteroatoms. The van der Waals surface area contributed by atoms with E-state index >= 15 is 0 Å². The van der Waals surface area contributed by atoms with Crippen molar-refractivity contribution in [3.63, 3.8) is 0 Å². The van der Waals surface area contributed by atoms with Crippen LogP contribution in [0.3, 0.4) is 0 Å². The van der Waals surface area contributed by atoms with Crippen molar-refractivity contribution in [2.24, 2.45) is 11.3 Å². The number of hydrogen-bond donors (Lipinski definition) is 1. The van der Waals surface area contributed by atoms with Gasteiger partial charge in [0, 0.05) is 32.2 Å². The Kier molecular flexibility index (Phi) is 5.75. The first-order chi connectivity index (χ1) is 7.57. The summed E-state index contributed by atoms with van der Waals surface area (Å²) in [6, 6.07) is 0.740. The topological polar surface area (TPSA) is 15.3 Å². The lowest BCUT2D eigenvalue weighted by atomic mass is 9.73. The van der Waals surface area contributed by atoms with Crippen LogP contribution >= 0.6 is 12.4 Å². The van der Waals surface area contributed by atoms with Crippen molar-refractivity contribution in [2.45, 2.75) is 52.5 Å². The maximum atomic E-state index is 3.47. The number of nitrogens with zero attached hydrogens (tertiary/aromatic N) is 1. The molecular weight excluding hydrogens is 232 g/mol. The third kappa shape index (κ3) is 4.42. The molecule has 1 saturated heterocycles. The summed E-state index contributed by atoms with van der Waals surface area (Å²) in [6.07, 6.45) is 5.75. The summed E-state index contributed by atoms with van der Waals surface area (Å²) in [5.74, 6) is 0.966. The number of piperazine rings is 1. The minimum atomic E-state index is 0. The van der Waals surface area contributed by atoms with Crippen molar-refractivity contribution in [1.29, 1.82) is 0 Å². The fourth-order valence-corrected chi connectivity index (χ4v) is 3.13. The maximum Gasteiger partial charge on any atom is 0.0193 e. The van der Waals surface area contributed by atoms with Gasteiger partial charge in [-0.15, -0.1) is 12.4 Å². The van der Waals surface area contributed by atoms with E-state index in [0.717, 1.165) is 12.0 Å². The van der Waals surface area contributed by atoms with Crippen LogP contribution < -0.4 is 5.32 Å². The van der Waals surface area contributed by atoms with Gasteiger partial charge in [-0.3, -0.25) is 4.90 Å². The van der Waals surface area contributed by atoms with Gasteiger partial charge in [0.2, 0.25) is 0 Å². The highest BCUT2D eigenvalue weighted by atomic mass is 35.5. The van der Waals surface area contributed by atoms with Crippen LogP contribution in [0.25, 0.3) is 0 Å². The summed E-state index contributed by atoms with van der Waals surface area (Å²) in [6.45, 7) is 12.2. The van der Waals surface area contributed by atoms with Crippen molar-refractivity contribution < 1.29 is 0 Å². The minimum absolute atomic E-state index is 0. The lowest BCUT2D eigenvalue weighted by Crippen LogP contribution is -2.51. The monoisotopic (exact) mass is 260 g/mol. The Morgan fingerprint density at radius 1 is 1.24 bits per heavy atom. The zero-order chi connectivity index (χ0) is 11.6. The van der Waals surface area contributed by atoms with Gasteiger partial charge >= 0.3 is 0 Å². The molecule has 1 heterocycles. The van der Waals surface area contributed by atoms with E-state index in [9.17, 15) is 0 Å². The third-order valence-electron chi connectivity index (χ3n) is 4.59. The molecule has 0 radical (unpaired) electrons. The largest absolute Gasteiger partial charge is 0.314 e.